The maximum atomic E-state index is 12.1. The van der Waals surface area contributed by atoms with Gasteiger partial charge in [-0.05, 0) is 12.5 Å². The molecule has 18 heavy (non-hydrogen) atoms. The number of hydrogen-bond acceptors (Lipinski definition) is 5. The first kappa shape index (κ1) is 12.3. The molecule has 2 rings (SSSR count). The third kappa shape index (κ3) is 2.12. The number of aliphatic hydroxyl groups is 1. The van der Waals surface area contributed by atoms with Crippen LogP contribution in [0.15, 0.2) is 18.2 Å². The zero-order valence-corrected chi connectivity index (χ0v) is 9.57. The second-order valence-electron chi connectivity index (χ2n) is 4.19. The van der Waals surface area contributed by atoms with E-state index in [1.807, 2.05) is 0 Å². The number of hydrogen-bond donors (Lipinski definition) is 2. The molecule has 0 radical (unpaired) electrons. The number of nitro benzene ring substituents is 1. The van der Waals surface area contributed by atoms with Gasteiger partial charge in [-0.1, -0.05) is 6.07 Å². The summed E-state index contributed by atoms with van der Waals surface area (Å²) in [5.74, 6) is -0.382. The van der Waals surface area contributed by atoms with Crippen molar-refractivity contribution in [2.75, 3.05) is 18.8 Å². The summed E-state index contributed by atoms with van der Waals surface area (Å²) >= 11 is 0. The molecular formula is C11H13N3O4. The van der Waals surface area contributed by atoms with Crippen molar-refractivity contribution in [3.05, 3.63) is 33.9 Å². The minimum atomic E-state index is -0.620. The van der Waals surface area contributed by atoms with E-state index in [-0.39, 0.29) is 29.4 Å². The zero-order chi connectivity index (χ0) is 13.3. The van der Waals surface area contributed by atoms with E-state index in [4.69, 9.17) is 5.73 Å². The molecular weight excluding hydrogens is 238 g/mol. The number of β-amino-alcohol motifs (C(OH)–C–C–N with tert-alkyl or cyclic N) is 1. The maximum Gasteiger partial charge on any atom is 0.292 e. The topological polar surface area (TPSA) is 110 Å². The number of carbonyl (C=O) groups is 1. The third-order valence-electron chi connectivity index (χ3n) is 2.96. The van der Waals surface area contributed by atoms with E-state index in [0.717, 1.165) is 0 Å². The van der Waals surface area contributed by atoms with Gasteiger partial charge in [0.2, 0.25) is 0 Å². The summed E-state index contributed by atoms with van der Waals surface area (Å²) in [4.78, 5) is 23.7. The highest BCUT2D eigenvalue weighted by atomic mass is 16.6. The molecule has 1 aliphatic heterocycles. The monoisotopic (exact) mass is 251 g/mol. The van der Waals surface area contributed by atoms with Gasteiger partial charge in [-0.2, -0.15) is 0 Å². The van der Waals surface area contributed by atoms with Gasteiger partial charge in [0.15, 0.2) is 0 Å². The van der Waals surface area contributed by atoms with Crippen LogP contribution in [0.2, 0.25) is 0 Å². The number of nitrogens with zero attached hydrogens (tertiary/aromatic N) is 2. The molecule has 0 saturated carbocycles. The Hall–Kier alpha value is -2.15. The molecule has 1 heterocycles. The lowest BCUT2D eigenvalue weighted by Crippen LogP contribution is -2.30. The Balaban J connectivity index is 2.31. The summed E-state index contributed by atoms with van der Waals surface area (Å²) in [7, 11) is 0. The van der Waals surface area contributed by atoms with E-state index in [9.17, 15) is 20.0 Å². The molecule has 1 saturated heterocycles. The van der Waals surface area contributed by atoms with Crippen LogP contribution in [-0.4, -0.2) is 40.0 Å². The van der Waals surface area contributed by atoms with Crippen LogP contribution in [-0.2, 0) is 0 Å². The Bertz CT molecular complexity index is 503. The van der Waals surface area contributed by atoms with Crippen LogP contribution in [0.3, 0.4) is 0 Å². The molecule has 1 aliphatic rings. The smallest absolute Gasteiger partial charge is 0.292 e. The first-order valence-electron chi connectivity index (χ1n) is 5.51. The quantitative estimate of drug-likeness (QED) is 0.448. The second kappa shape index (κ2) is 4.61. The Kier molecular flexibility index (Phi) is 3.15. The predicted octanol–water partition coefficient (Wildman–Crippen LogP) is 0.384. The maximum absolute atomic E-state index is 12.1. The number of para-hydroxylation sites is 1. The molecule has 1 fully saturated rings. The minimum Gasteiger partial charge on any atom is -0.393 e. The molecule has 1 aromatic carbocycles. The fourth-order valence-electron chi connectivity index (χ4n) is 2.00. The van der Waals surface area contributed by atoms with E-state index in [0.29, 0.717) is 13.0 Å². The molecule has 1 aromatic rings. The number of amides is 1. The van der Waals surface area contributed by atoms with E-state index >= 15 is 0 Å². The standard InChI is InChI=1S/C11H13N3O4/c12-10-8(2-1-3-9(10)14(17)18)11(16)13-5-4-7(15)6-13/h1-3,7,15H,4-6,12H2. The highest BCUT2D eigenvalue weighted by molar-refractivity contribution is 6.01. The first-order chi connectivity index (χ1) is 8.50. The van der Waals surface area contributed by atoms with Gasteiger partial charge in [-0.3, -0.25) is 14.9 Å². The molecule has 96 valence electrons. The zero-order valence-electron chi connectivity index (χ0n) is 9.57. The summed E-state index contributed by atoms with van der Waals surface area (Å²) in [6, 6.07) is 4.13. The fraction of sp³-hybridized carbons (Fsp3) is 0.364. The highest BCUT2D eigenvalue weighted by Gasteiger charge is 2.28. The van der Waals surface area contributed by atoms with E-state index in [1.54, 1.807) is 0 Å². The van der Waals surface area contributed by atoms with Crippen LogP contribution in [0.1, 0.15) is 16.8 Å². The fourth-order valence-corrected chi connectivity index (χ4v) is 2.00. The lowest BCUT2D eigenvalue weighted by atomic mass is 10.1. The summed E-state index contributed by atoms with van der Waals surface area (Å²) in [6.07, 6.45) is -0.0190. The van der Waals surface area contributed by atoms with Gasteiger partial charge >= 0.3 is 0 Å². The number of likely N-dealkylation sites (tertiary alicyclic amines) is 1. The van der Waals surface area contributed by atoms with Crippen molar-refractivity contribution in [1.82, 2.24) is 4.90 Å². The Morgan fingerprint density at radius 1 is 1.56 bits per heavy atom. The van der Waals surface area contributed by atoms with Gasteiger partial charge < -0.3 is 15.7 Å². The van der Waals surface area contributed by atoms with Crippen LogP contribution < -0.4 is 5.73 Å². The van der Waals surface area contributed by atoms with E-state index < -0.39 is 11.0 Å². The molecule has 1 unspecified atom stereocenters. The second-order valence-corrected chi connectivity index (χ2v) is 4.19. The van der Waals surface area contributed by atoms with Gasteiger partial charge in [0.05, 0.1) is 16.6 Å². The lowest BCUT2D eigenvalue weighted by Gasteiger charge is -2.16. The van der Waals surface area contributed by atoms with Crippen molar-refractivity contribution < 1.29 is 14.8 Å². The Morgan fingerprint density at radius 2 is 2.28 bits per heavy atom. The molecule has 0 spiro atoms. The minimum absolute atomic E-state index is 0.110. The number of rotatable bonds is 2. The van der Waals surface area contributed by atoms with Gasteiger partial charge in [-0.25, -0.2) is 0 Å². The van der Waals surface area contributed by atoms with E-state index in [2.05, 4.69) is 0 Å². The molecule has 1 atom stereocenters. The number of nitrogens with two attached hydrogens (primary N) is 1. The summed E-state index contributed by atoms with van der Waals surface area (Å²) in [5.41, 5.74) is 5.34. The largest absolute Gasteiger partial charge is 0.393 e. The van der Waals surface area contributed by atoms with Crippen molar-refractivity contribution in [3.63, 3.8) is 0 Å². The molecule has 7 heteroatoms. The van der Waals surface area contributed by atoms with Crippen LogP contribution in [0.5, 0.6) is 0 Å². The van der Waals surface area contributed by atoms with Crippen molar-refractivity contribution in [3.8, 4) is 0 Å². The number of carbonyl (C=O) groups excluding carboxylic acids is 1. The number of benzene rings is 1. The van der Waals surface area contributed by atoms with Crippen LogP contribution in [0.25, 0.3) is 0 Å². The van der Waals surface area contributed by atoms with Gasteiger partial charge in [0.1, 0.15) is 5.69 Å². The van der Waals surface area contributed by atoms with Crippen molar-refractivity contribution >= 4 is 17.3 Å². The summed E-state index contributed by atoms with van der Waals surface area (Å²) in [6.45, 7) is 0.670. The van der Waals surface area contributed by atoms with Crippen LogP contribution in [0.4, 0.5) is 11.4 Å². The molecule has 0 aromatic heterocycles. The van der Waals surface area contributed by atoms with E-state index in [1.165, 1.54) is 23.1 Å². The van der Waals surface area contributed by atoms with Crippen molar-refractivity contribution in [2.45, 2.75) is 12.5 Å². The number of nitrogen functional groups attached to an aromatic ring is 1. The van der Waals surface area contributed by atoms with Gasteiger partial charge in [0, 0.05) is 19.2 Å². The normalized spacial score (nSPS) is 18.9. The molecule has 1 amide bonds. The molecule has 3 N–H and O–H groups in total. The van der Waals surface area contributed by atoms with Gasteiger partial charge in [-0.15, -0.1) is 0 Å². The van der Waals surface area contributed by atoms with Gasteiger partial charge in [0.25, 0.3) is 11.6 Å². The average Bonchev–Trinajstić information content (AvgIpc) is 2.75. The SMILES string of the molecule is Nc1c(C(=O)N2CCC(O)C2)cccc1[N+](=O)[O-]. The molecule has 0 aliphatic carbocycles. The summed E-state index contributed by atoms with van der Waals surface area (Å²) in [5, 5.41) is 20.1. The van der Waals surface area contributed by atoms with Crippen molar-refractivity contribution in [1.29, 1.82) is 0 Å². The average molecular weight is 251 g/mol. The lowest BCUT2D eigenvalue weighted by molar-refractivity contribution is -0.383. The predicted molar refractivity (Wildman–Crippen MR) is 64.0 cm³/mol. The van der Waals surface area contributed by atoms with Crippen molar-refractivity contribution in [2.24, 2.45) is 0 Å². The molecule has 7 nitrogen and oxygen atoms in total. The Morgan fingerprint density at radius 3 is 2.83 bits per heavy atom. The van der Waals surface area contributed by atoms with Crippen LogP contribution in [0, 0.1) is 10.1 Å². The highest BCUT2D eigenvalue weighted by Crippen LogP contribution is 2.26. The third-order valence-corrected chi connectivity index (χ3v) is 2.96. The number of aliphatic hydroxyl groups excluding tert-OH is 1. The molecule has 0 bridgehead atoms. The van der Waals surface area contributed by atoms with Crippen LogP contribution >= 0.6 is 0 Å². The number of nitro groups is 1. The Labute approximate surface area is 103 Å². The first-order valence-corrected chi connectivity index (χ1v) is 5.51. The number of anilines is 1. The summed E-state index contributed by atoms with van der Waals surface area (Å²) < 4.78 is 0.